The van der Waals surface area contributed by atoms with E-state index >= 15 is 0 Å². The Balaban J connectivity index is 2.72. The number of halogens is 1. The molecule has 2 unspecified atom stereocenters. The van der Waals surface area contributed by atoms with E-state index in [1.807, 2.05) is 0 Å². The molecule has 1 aliphatic heterocycles. The number of hydrogen-bond acceptors (Lipinski definition) is 3. The van der Waals surface area contributed by atoms with E-state index in [1.165, 1.54) is 0 Å². The maximum absolute atomic E-state index is 13.7. The van der Waals surface area contributed by atoms with Crippen LogP contribution in [0.25, 0.3) is 0 Å². The molecule has 0 aliphatic carbocycles. The van der Waals surface area contributed by atoms with Gasteiger partial charge in [0.05, 0.1) is 6.54 Å². The molecule has 23 heavy (non-hydrogen) atoms. The molecule has 1 amide bonds. The molecule has 0 radical (unpaired) electrons. The van der Waals surface area contributed by atoms with E-state index in [-0.39, 0.29) is 24.4 Å². The fourth-order valence-corrected chi connectivity index (χ4v) is 3.72. The van der Waals surface area contributed by atoms with Crippen LogP contribution in [-0.4, -0.2) is 60.4 Å². The van der Waals surface area contributed by atoms with Crippen LogP contribution in [0.1, 0.15) is 40.0 Å². The summed E-state index contributed by atoms with van der Waals surface area (Å²) < 4.78 is 19.6. The summed E-state index contributed by atoms with van der Waals surface area (Å²) in [6, 6.07) is 0. The van der Waals surface area contributed by atoms with Gasteiger partial charge in [-0.15, -0.1) is 0 Å². The number of hydrogen-bond donors (Lipinski definition) is 2. The van der Waals surface area contributed by atoms with Gasteiger partial charge in [-0.05, 0) is 31.0 Å². The highest BCUT2D eigenvalue weighted by molar-refractivity contribution is 6.74. The first-order valence-corrected chi connectivity index (χ1v) is 10.8. The second-order valence-corrected chi connectivity index (χ2v) is 12.6. The summed E-state index contributed by atoms with van der Waals surface area (Å²) in [5.41, 5.74) is -1.68. The van der Waals surface area contributed by atoms with Gasteiger partial charge in [0, 0.05) is 13.0 Å². The molecule has 0 spiro atoms. The topological polar surface area (TPSA) is 87.1 Å². The molecule has 0 bridgehead atoms. The molecule has 0 aromatic rings. The number of nitrogens with zero attached hydrogens (tertiary/aromatic N) is 1. The molecule has 134 valence electrons. The molecular weight excluding hydrogens is 321 g/mol. The highest BCUT2D eigenvalue weighted by Crippen LogP contribution is 2.38. The predicted molar refractivity (Wildman–Crippen MR) is 87.0 cm³/mol. The van der Waals surface area contributed by atoms with Crippen molar-refractivity contribution in [2.45, 2.75) is 69.9 Å². The van der Waals surface area contributed by atoms with E-state index in [2.05, 4.69) is 33.9 Å². The molecule has 8 heteroatoms. The molecule has 6 nitrogen and oxygen atoms in total. The van der Waals surface area contributed by atoms with Crippen molar-refractivity contribution >= 4 is 20.4 Å². The van der Waals surface area contributed by atoms with E-state index in [1.54, 1.807) is 0 Å². The molecule has 1 aliphatic rings. The Kier molecular flexibility index (Phi) is 5.85. The van der Waals surface area contributed by atoms with E-state index in [0.717, 1.165) is 4.90 Å². The highest BCUT2D eigenvalue weighted by atomic mass is 28.4. The minimum absolute atomic E-state index is 0.0436. The van der Waals surface area contributed by atoms with Gasteiger partial charge in [0.1, 0.15) is 11.7 Å². The van der Waals surface area contributed by atoms with Gasteiger partial charge in [-0.25, -0.2) is 14.0 Å². The zero-order valence-corrected chi connectivity index (χ0v) is 15.6. The fraction of sp³-hybridized carbons (Fsp3) is 0.867. The lowest BCUT2D eigenvalue weighted by atomic mass is 9.90. The van der Waals surface area contributed by atoms with Crippen molar-refractivity contribution < 1.29 is 28.6 Å². The van der Waals surface area contributed by atoms with Crippen molar-refractivity contribution in [3.63, 3.8) is 0 Å². The molecule has 2 N–H and O–H groups in total. The van der Waals surface area contributed by atoms with Crippen LogP contribution in [0.4, 0.5) is 9.18 Å². The molecular formula is C15H28FNO5Si. The zero-order valence-electron chi connectivity index (χ0n) is 14.6. The third kappa shape index (κ3) is 4.23. The molecule has 2 atom stereocenters. The van der Waals surface area contributed by atoms with Gasteiger partial charge >= 0.3 is 12.1 Å². The summed E-state index contributed by atoms with van der Waals surface area (Å²) in [5.74, 6) is -1.28. The number of likely N-dealkylation sites (tertiary alicyclic amines) is 1. The Morgan fingerprint density at radius 2 is 1.91 bits per heavy atom. The van der Waals surface area contributed by atoms with Crippen LogP contribution in [0.3, 0.4) is 0 Å². The lowest BCUT2D eigenvalue weighted by Gasteiger charge is -2.37. The molecule has 0 aromatic heterocycles. The number of alkyl halides is 1. The average Bonchev–Trinajstić information content (AvgIpc) is 2.72. The first-order valence-electron chi connectivity index (χ1n) is 7.85. The molecule has 1 fully saturated rings. The van der Waals surface area contributed by atoms with Crippen LogP contribution in [0, 0.1) is 0 Å². The standard InChI is InChI=1S/C15H28FNO5Si/c1-14(2,3)23(4,5)22-8-6-7-15(12(18)19)9-11(16)10-17(15)13(20)21/h11H,6-10H2,1-5H3,(H,18,19)(H,20,21). The summed E-state index contributed by atoms with van der Waals surface area (Å²) in [4.78, 5) is 23.6. The third-order valence-electron chi connectivity index (χ3n) is 5.09. The smallest absolute Gasteiger partial charge is 0.408 e. The van der Waals surface area contributed by atoms with Gasteiger partial charge < -0.3 is 14.6 Å². The highest BCUT2D eigenvalue weighted by Gasteiger charge is 2.53. The van der Waals surface area contributed by atoms with Gasteiger partial charge in [-0.3, -0.25) is 4.90 Å². The van der Waals surface area contributed by atoms with Crippen molar-refractivity contribution in [1.29, 1.82) is 0 Å². The summed E-state index contributed by atoms with van der Waals surface area (Å²) in [5, 5.41) is 18.7. The number of carboxylic acid groups (broad SMARTS) is 2. The Bertz CT molecular complexity index is 465. The van der Waals surface area contributed by atoms with Crippen molar-refractivity contribution in [3.05, 3.63) is 0 Å². The van der Waals surface area contributed by atoms with E-state index in [4.69, 9.17) is 4.43 Å². The molecule has 1 heterocycles. The van der Waals surface area contributed by atoms with Crippen molar-refractivity contribution in [2.75, 3.05) is 13.2 Å². The molecule has 1 saturated heterocycles. The predicted octanol–water partition coefficient (Wildman–Crippen LogP) is 3.33. The SMILES string of the molecule is CC(C)(C)[Si](C)(C)OCCCC1(C(=O)O)CC(F)CN1C(=O)O. The first-order chi connectivity index (χ1) is 10.3. The first kappa shape index (κ1) is 19.9. The van der Waals surface area contributed by atoms with Crippen LogP contribution in [-0.2, 0) is 9.22 Å². The van der Waals surface area contributed by atoms with E-state index < -0.39 is 32.1 Å². The lowest BCUT2D eigenvalue weighted by Crippen LogP contribution is -2.53. The Labute approximate surface area is 137 Å². The normalized spacial score (nSPS) is 25.7. The number of aliphatic carboxylic acids is 1. The third-order valence-corrected chi connectivity index (χ3v) is 9.63. The van der Waals surface area contributed by atoms with Gasteiger partial charge in [-0.1, -0.05) is 20.8 Å². The van der Waals surface area contributed by atoms with Crippen molar-refractivity contribution in [3.8, 4) is 0 Å². The van der Waals surface area contributed by atoms with Gasteiger partial charge in [0.2, 0.25) is 0 Å². The number of carbonyl (C=O) groups is 2. The molecule has 1 rings (SSSR count). The van der Waals surface area contributed by atoms with Crippen molar-refractivity contribution in [1.82, 2.24) is 4.90 Å². The fourth-order valence-electron chi connectivity index (χ4n) is 2.63. The monoisotopic (exact) mass is 349 g/mol. The molecule has 0 saturated carbocycles. The number of amides is 1. The Hall–Kier alpha value is -1.15. The molecule has 0 aromatic carbocycles. The number of rotatable bonds is 6. The summed E-state index contributed by atoms with van der Waals surface area (Å²) in [7, 11) is -1.94. The van der Waals surface area contributed by atoms with Crippen molar-refractivity contribution in [2.24, 2.45) is 0 Å². The number of carboxylic acids is 1. The zero-order chi connectivity index (χ0) is 18.1. The van der Waals surface area contributed by atoms with Gasteiger partial charge in [-0.2, -0.15) is 0 Å². The average molecular weight is 349 g/mol. The van der Waals surface area contributed by atoms with Crippen LogP contribution < -0.4 is 0 Å². The van der Waals surface area contributed by atoms with Crippen LogP contribution in [0.5, 0.6) is 0 Å². The van der Waals surface area contributed by atoms with Gasteiger partial charge in [0.25, 0.3) is 0 Å². The minimum Gasteiger partial charge on any atom is -0.479 e. The Morgan fingerprint density at radius 3 is 2.35 bits per heavy atom. The maximum Gasteiger partial charge on any atom is 0.408 e. The lowest BCUT2D eigenvalue weighted by molar-refractivity contribution is -0.149. The second-order valence-electron chi connectivity index (χ2n) is 7.74. The van der Waals surface area contributed by atoms with E-state index in [0.29, 0.717) is 13.0 Å². The quantitative estimate of drug-likeness (QED) is 0.567. The largest absolute Gasteiger partial charge is 0.479 e. The summed E-state index contributed by atoms with van der Waals surface area (Å²) >= 11 is 0. The van der Waals surface area contributed by atoms with Crippen LogP contribution in [0.15, 0.2) is 0 Å². The van der Waals surface area contributed by atoms with Crippen LogP contribution in [0.2, 0.25) is 18.1 Å². The van der Waals surface area contributed by atoms with Crippen LogP contribution >= 0.6 is 0 Å². The minimum atomic E-state index is -1.94. The second kappa shape index (κ2) is 6.76. The summed E-state index contributed by atoms with van der Waals surface area (Å²) in [6.07, 6.45) is -2.69. The Morgan fingerprint density at radius 1 is 1.35 bits per heavy atom. The van der Waals surface area contributed by atoms with Gasteiger partial charge in [0.15, 0.2) is 8.32 Å². The summed E-state index contributed by atoms with van der Waals surface area (Å²) in [6.45, 7) is 10.5. The van der Waals surface area contributed by atoms with E-state index in [9.17, 15) is 24.2 Å². The maximum atomic E-state index is 13.7.